The zero-order valence-corrected chi connectivity index (χ0v) is 11.1. The van der Waals surface area contributed by atoms with E-state index in [1.165, 1.54) is 12.1 Å². The number of alkyl halides is 3. The van der Waals surface area contributed by atoms with Gasteiger partial charge in [-0.15, -0.1) is 0 Å². The van der Waals surface area contributed by atoms with Crippen molar-refractivity contribution in [1.82, 2.24) is 0 Å². The molecule has 0 saturated carbocycles. The van der Waals surface area contributed by atoms with E-state index in [-0.39, 0.29) is 23.5 Å². The van der Waals surface area contributed by atoms with Gasteiger partial charge in [0.2, 0.25) is 0 Å². The highest BCUT2D eigenvalue weighted by Gasteiger charge is 2.30. The summed E-state index contributed by atoms with van der Waals surface area (Å²) in [6, 6.07) is 6.79. The Morgan fingerprint density at radius 3 is 2.48 bits per heavy atom. The highest BCUT2D eigenvalue weighted by molar-refractivity contribution is 5.54. The second-order valence-electron chi connectivity index (χ2n) is 4.65. The maximum Gasteiger partial charge on any atom is 0.416 e. The van der Waals surface area contributed by atoms with Gasteiger partial charge in [-0.25, -0.2) is 4.39 Å². The molecule has 0 radical (unpaired) electrons. The van der Waals surface area contributed by atoms with E-state index in [4.69, 9.17) is 0 Å². The molecule has 0 amide bonds. The molecular weight excluding hydrogens is 286 g/mol. The number of anilines is 1. The van der Waals surface area contributed by atoms with Crippen LogP contribution in [0.3, 0.4) is 0 Å². The molecule has 0 fully saturated rings. The summed E-state index contributed by atoms with van der Waals surface area (Å²) < 4.78 is 51.1. The van der Waals surface area contributed by atoms with E-state index in [1.54, 1.807) is 6.92 Å². The van der Waals surface area contributed by atoms with Crippen molar-refractivity contribution in [2.24, 2.45) is 0 Å². The van der Waals surface area contributed by atoms with Crippen molar-refractivity contribution in [2.45, 2.75) is 19.6 Å². The molecule has 0 saturated heterocycles. The van der Waals surface area contributed by atoms with Crippen LogP contribution in [-0.4, -0.2) is 5.11 Å². The van der Waals surface area contributed by atoms with Gasteiger partial charge in [-0.05, 0) is 42.8 Å². The number of nitrogens with one attached hydrogen (secondary N) is 1. The molecule has 0 atom stereocenters. The molecule has 0 heterocycles. The highest BCUT2D eigenvalue weighted by Crippen LogP contribution is 2.32. The molecular formula is C15H13F4NO. The summed E-state index contributed by atoms with van der Waals surface area (Å²) in [6.45, 7) is 1.68. The van der Waals surface area contributed by atoms with Crippen LogP contribution in [0, 0.1) is 12.7 Å². The van der Waals surface area contributed by atoms with Crippen LogP contribution in [0.5, 0.6) is 5.75 Å². The molecule has 0 spiro atoms. The maximum atomic E-state index is 13.1. The molecule has 21 heavy (non-hydrogen) atoms. The summed E-state index contributed by atoms with van der Waals surface area (Å²) in [4.78, 5) is 0. The van der Waals surface area contributed by atoms with Gasteiger partial charge in [-0.3, -0.25) is 0 Å². The first-order chi connectivity index (χ1) is 9.77. The highest BCUT2D eigenvalue weighted by atomic mass is 19.4. The van der Waals surface area contributed by atoms with Crippen LogP contribution in [0.4, 0.5) is 23.2 Å². The SMILES string of the molecule is Cc1ccc(C(F)(F)F)cc1NCc1cc(F)ccc1O. The Bertz CT molecular complexity index is 653. The molecule has 0 aliphatic carbocycles. The lowest BCUT2D eigenvalue weighted by molar-refractivity contribution is -0.137. The first-order valence-electron chi connectivity index (χ1n) is 6.16. The Kier molecular flexibility index (Phi) is 4.06. The summed E-state index contributed by atoms with van der Waals surface area (Å²) in [5.74, 6) is -0.640. The van der Waals surface area contributed by atoms with E-state index in [0.29, 0.717) is 5.56 Å². The number of phenolic OH excluding ortho intramolecular Hbond substituents is 1. The van der Waals surface area contributed by atoms with Gasteiger partial charge in [-0.2, -0.15) is 13.2 Å². The molecule has 6 heteroatoms. The quantitative estimate of drug-likeness (QED) is 0.820. The lowest BCUT2D eigenvalue weighted by atomic mass is 10.1. The Morgan fingerprint density at radius 1 is 1.10 bits per heavy atom. The molecule has 0 aliphatic heterocycles. The Morgan fingerprint density at radius 2 is 1.81 bits per heavy atom. The summed E-state index contributed by atoms with van der Waals surface area (Å²) in [5, 5.41) is 12.4. The second kappa shape index (κ2) is 5.63. The molecule has 0 aromatic heterocycles. The molecule has 2 N–H and O–H groups in total. The van der Waals surface area contributed by atoms with Crippen LogP contribution in [-0.2, 0) is 12.7 Å². The van der Waals surface area contributed by atoms with E-state index < -0.39 is 17.6 Å². The number of hydrogen-bond donors (Lipinski definition) is 2. The standard InChI is InChI=1S/C15H13F4NO/c1-9-2-3-11(15(17,18)19)7-13(9)20-8-10-6-12(16)4-5-14(10)21/h2-7,20-21H,8H2,1H3. The number of aryl methyl sites for hydroxylation is 1. The lowest BCUT2D eigenvalue weighted by Crippen LogP contribution is -2.07. The minimum Gasteiger partial charge on any atom is -0.508 e. The Labute approximate surface area is 119 Å². The smallest absolute Gasteiger partial charge is 0.416 e. The summed E-state index contributed by atoms with van der Waals surface area (Å²) in [5.41, 5.74) is 0.415. The minimum atomic E-state index is -4.43. The number of hydrogen-bond acceptors (Lipinski definition) is 2. The van der Waals surface area contributed by atoms with Crippen molar-refractivity contribution in [3.05, 3.63) is 58.9 Å². The number of rotatable bonds is 3. The van der Waals surface area contributed by atoms with Crippen LogP contribution in [0.15, 0.2) is 36.4 Å². The molecule has 112 valence electrons. The monoisotopic (exact) mass is 299 g/mol. The largest absolute Gasteiger partial charge is 0.508 e. The second-order valence-corrected chi connectivity index (χ2v) is 4.65. The molecule has 2 aromatic carbocycles. The van der Waals surface area contributed by atoms with Crippen LogP contribution in [0.2, 0.25) is 0 Å². The van der Waals surface area contributed by atoms with Crippen LogP contribution < -0.4 is 5.32 Å². The summed E-state index contributed by atoms with van der Waals surface area (Å²) in [6.07, 6.45) is -4.43. The van der Waals surface area contributed by atoms with Crippen molar-refractivity contribution >= 4 is 5.69 Å². The average Bonchev–Trinajstić information content (AvgIpc) is 2.40. The Hall–Kier alpha value is -2.24. The normalized spacial score (nSPS) is 11.5. The fraction of sp³-hybridized carbons (Fsp3) is 0.200. The van der Waals surface area contributed by atoms with E-state index >= 15 is 0 Å². The van der Waals surface area contributed by atoms with E-state index in [9.17, 15) is 22.7 Å². The average molecular weight is 299 g/mol. The Balaban J connectivity index is 2.22. The topological polar surface area (TPSA) is 32.3 Å². The van der Waals surface area contributed by atoms with Gasteiger partial charge in [0.15, 0.2) is 0 Å². The van der Waals surface area contributed by atoms with Crippen molar-refractivity contribution in [1.29, 1.82) is 0 Å². The maximum absolute atomic E-state index is 13.1. The molecule has 0 aliphatic rings. The minimum absolute atomic E-state index is 0.0196. The first-order valence-corrected chi connectivity index (χ1v) is 6.16. The van der Waals surface area contributed by atoms with Crippen molar-refractivity contribution < 1.29 is 22.7 Å². The van der Waals surface area contributed by atoms with Crippen LogP contribution >= 0.6 is 0 Å². The third-order valence-corrected chi connectivity index (χ3v) is 3.08. The predicted molar refractivity (Wildman–Crippen MR) is 71.6 cm³/mol. The van der Waals surface area contributed by atoms with Gasteiger partial charge in [-0.1, -0.05) is 6.07 Å². The van der Waals surface area contributed by atoms with Crippen molar-refractivity contribution in [3.63, 3.8) is 0 Å². The van der Waals surface area contributed by atoms with Gasteiger partial charge in [0.1, 0.15) is 11.6 Å². The van der Waals surface area contributed by atoms with Crippen LogP contribution in [0.25, 0.3) is 0 Å². The van der Waals surface area contributed by atoms with E-state index in [0.717, 1.165) is 24.3 Å². The van der Waals surface area contributed by atoms with Crippen LogP contribution in [0.1, 0.15) is 16.7 Å². The van der Waals surface area contributed by atoms with Crippen molar-refractivity contribution in [3.8, 4) is 5.75 Å². The fourth-order valence-electron chi connectivity index (χ4n) is 1.87. The van der Waals surface area contributed by atoms with Gasteiger partial charge in [0, 0.05) is 17.8 Å². The van der Waals surface area contributed by atoms with Gasteiger partial charge in [0.25, 0.3) is 0 Å². The third kappa shape index (κ3) is 3.65. The number of phenols is 1. The summed E-state index contributed by atoms with van der Waals surface area (Å²) >= 11 is 0. The zero-order valence-electron chi connectivity index (χ0n) is 11.1. The van der Waals surface area contributed by atoms with E-state index in [2.05, 4.69) is 5.32 Å². The first kappa shape index (κ1) is 15.2. The molecule has 0 unspecified atom stereocenters. The van der Waals surface area contributed by atoms with Gasteiger partial charge < -0.3 is 10.4 Å². The predicted octanol–water partition coefficient (Wildman–Crippen LogP) is 4.47. The molecule has 2 aromatic rings. The molecule has 0 bridgehead atoms. The molecule has 2 nitrogen and oxygen atoms in total. The molecule has 2 rings (SSSR count). The van der Waals surface area contributed by atoms with E-state index in [1.807, 2.05) is 0 Å². The van der Waals surface area contributed by atoms with Gasteiger partial charge in [0.05, 0.1) is 5.56 Å². The van der Waals surface area contributed by atoms with Gasteiger partial charge >= 0.3 is 6.18 Å². The summed E-state index contributed by atoms with van der Waals surface area (Å²) in [7, 11) is 0. The number of halogens is 4. The third-order valence-electron chi connectivity index (χ3n) is 3.08. The lowest BCUT2D eigenvalue weighted by Gasteiger charge is -2.14. The number of benzene rings is 2. The fourth-order valence-corrected chi connectivity index (χ4v) is 1.87. The zero-order chi connectivity index (χ0) is 15.6. The number of aromatic hydroxyl groups is 1. The van der Waals surface area contributed by atoms with Crippen molar-refractivity contribution in [2.75, 3.05) is 5.32 Å².